The summed E-state index contributed by atoms with van der Waals surface area (Å²) < 4.78 is 38.3. The molecule has 0 aliphatic carbocycles. The molecule has 21 heavy (non-hydrogen) atoms. The molecule has 2 aromatic rings. The molecule has 0 aliphatic heterocycles. The second-order valence-electron chi connectivity index (χ2n) is 4.29. The average Bonchev–Trinajstić information content (AvgIpc) is 2.51. The van der Waals surface area contributed by atoms with Crippen LogP contribution in [-0.4, -0.2) is 7.11 Å². The quantitative estimate of drug-likeness (QED) is 0.828. The third kappa shape index (κ3) is 3.51. The molecule has 0 aromatic heterocycles. The third-order valence-corrected chi connectivity index (χ3v) is 3.61. The van der Waals surface area contributed by atoms with Crippen molar-refractivity contribution in [1.82, 2.24) is 0 Å². The molecular formula is C15H14BrF2NO2. The van der Waals surface area contributed by atoms with Crippen molar-refractivity contribution in [1.29, 1.82) is 0 Å². The van der Waals surface area contributed by atoms with Crippen molar-refractivity contribution in [3.63, 3.8) is 0 Å². The number of hydrogen-bond acceptors (Lipinski definition) is 3. The fourth-order valence-corrected chi connectivity index (χ4v) is 2.21. The Morgan fingerprint density at radius 2 is 1.95 bits per heavy atom. The van der Waals surface area contributed by atoms with Crippen LogP contribution in [0.25, 0.3) is 0 Å². The number of benzene rings is 2. The van der Waals surface area contributed by atoms with Crippen molar-refractivity contribution in [2.45, 2.75) is 13.2 Å². The van der Waals surface area contributed by atoms with Gasteiger partial charge >= 0.3 is 0 Å². The van der Waals surface area contributed by atoms with Crippen molar-refractivity contribution >= 4 is 15.9 Å². The lowest BCUT2D eigenvalue weighted by Crippen LogP contribution is -2.06. The second-order valence-corrected chi connectivity index (χ2v) is 5.14. The van der Waals surface area contributed by atoms with Gasteiger partial charge in [0.1, 0.15) is 29.7 Å². The van der Waals surface area contributed by atoms with Crippen LogP contribution in [0.3, 0.4) is 0 Å². The number of hydrogen-bond donors (Lipinski definition) is 1. The summed E-state index contributed by atoms with van der Waals surface area (Å²) in [5, 5.41) is 0. The van der Waals surface area contributed by atoms with Gasteiger partial charge < -0.3 is 15.2 Å². The Hall–Kier alpha value is -1.66. The highest BCUT2D eigenvalue weighted by Crippen LogP contribution is 2.27. The van der Waals surface area contributed by atoms with Gasteiger partial charge in [0, 0.05) is 12.1 Å². The molecule has 0 saturated carbocycles. The molecule has 0 amide bonds. The Morgan fingerprint density at radius 3 is 2.62 bits per heavy atom. The van der Waals surface area contributed by atoms with Crippen LogP contribution in [0.2, 0.25) is 0 Å². The van der Waals surface area contributed by atoms with Gasteiger partial charge in [-0.25, -0.2) is 8.78 Å². The van der Waals surface area contributed by atoms with Crippen LogP contribution in [0, 0.1) is 11.6 Å². The summed E-state index contributed by atoms with van der Waals surface area (Å²) in [7, 11) is 1.54. The molecule has 0 unspecified atom stereocenters. The van der Waals surface area contributed by atoms with Gasteiger partial charge in [-0.2, -0.15) is 0 Å². The Morgan fingerprint density at radius 1 is 1.19 bits per heavy atom. The SMILES string of the molecule is COc1ccc(OCc2c(F)ccc(Br)c2F)c(CN)c1. The van der Waals surface area contributed by atoms with Crippen molar-refractivity contribution in [2.75, 3.05) is 7.11 Å². The summed E-state index contributed by atoms with van der Waals surface area (Å²) in [5.41, 5.74) is 6.20. The number of halogens is 3. The van der Waals surface area contributed by atoms with E-state index in [0.29, 0.717) is 17.1 Å². The lowest BCUT2D eigenvalue weighted by atomic mass is 10.2. The third-order valence-electron chi connectivity index (χ3n) is 3.00. The number of methoxy groups -OCH3 is 1. The van der Waals surface area contributed by atoms with E-state index < -0.39 is 11.6 Å². The van der Waals surface area contributed by atoms with E-state index in [1.807, 2.05) is 0 Å². The molecule has 0 bridgehead atoms. The van der Waals surface area contributed by atoms with Gasteiger partial charge in [0.05, 0.1) is 17.1 Å². The van der Waals surface area contributed by atoms with Crippen LogP contribution in [0.4, 0.5) is 8.78 Å². The van der Waals surface area contributed by atoms with Crippen molar-refractivity contribution < 1.29 is 18.3 Å². The van der Waals surface area contributed by atoms with E-state index in [9.17, 15) is 8.78 Å². The number of nitrogens with two attached hydrogens (primary N) is 1. The standard InChI is InChI=1S/C15H14BrF2NO2/c1-20-10-2-5-14(9(6-10)7-19)21-8-11-13(17)4-3-12(16)15(11)18/h2-6H,7-8,19H2,1H3. The molecular weight excluding hydrogens is 344 g/mol. The highest BCUT2D eigenvalue weighted by molar-refractivity contribution is 9.10. The molecule has 0 radical (unpaired) electrons. The minimum Gasteiger partial charge on any atom is -0.497 e. The van der Waals surface area contributed by atoms with Crippen molar-refractivity contribution in [3.8, 4) is 11.5 Å². The van der Waals surface area contributed by atoms with E-state index in [-0.39, 0.29) is 23.2 Å². The van der Waals surface area contributed by atoms with Gasteiger partial charge in [-0.1, -0.05) is 0 Å². The number of ether oxygens (including phenoxy) is 2. The van der Waals surface area contributed by atoms with Gasteiger partial charge in [0.25, 0.3) is 0 Å². The van der Waals surface area contributed by atoms with Crippen LogP contribution in [0.15, 0.2) is 34.8 Å². The predicted molar refractivity (Wildman–Crippen MR) is 79.3 cm³/mol. The molecule has 0 aliphatic rings. The number of rotatable bonds is 5. The van der Waals surface area contributed by atoms with Gasteiger partial charge in [-0.3, -0.25) is 0 Å². The fourth-order valence-electron chi connectivity index (χ4n) is 1.83. The minimum atomic E-state index is -0.669. The lowest BCUT2D eigenvalue weighted by molar-refractivity contribution is 0.288. The first-order valence-corrected chi connectivity index (χ1v) is 6.98. The maximum Gasteiger partial charge on any atom is 0.146 e. The van der Waals surface area contributed by atoms with Gasteiger partial charge in [0.2, 0.25) is 0 Å². The van der Waals surface area contributed by atoms with E-state index >= 15 is 0 Å². The largest absolute Gasteiger partial charge is 0.497 e. The van der Waals surface area contributed by atoms with Crippen LogP contribution in [-0.2, 0) is 13.2 Å². The maximum atomic E-state index is 13.9. The van der Waals surface area contributed by atoms with E-state index in [0.717, 1.165) is 0 Å². The van der Waals surface area contributed by atoms with Gasteiger partial charge in [0.15, 0.2) is 0 Å². The Kier molecular flexibility index (Phi) is 5.14. The normalized spacial score (nSPS) is 10.5. The van der Waals surface area contributed by atoms with E-state index in [1.165, 1.54) is 12.1 Å². The summed E-state index contributed by atoms with van der Waals surface area (Å²) in [6.45, 7) is 0.00637. The van der Waals surface area contributed by atoms with Crippen LogP contribution in [0.1, 0.15) is 11.1 Å². The molecule has 0 atom stereocenters. The summed E-state index contributed by atoms with van der Waals surface area (Å²) in [6.07, 6.45) is 0. The smallest absolute Gasteiger partial charge is 0.146 e. The average molecular weight is 358 g/mol. The van der Waals surface area contributed by atoms with E-state index in [1.54, 1.807) is 25.3 Å². The summed E-state index contributed by atoms with van der Waals surface area (Å²) in [5.74, 6) is -0.212. The summed E-state index contributed by atoms with van der Waals surface area (Å²) >= 11 is 3.02. The summed E-state index contributed by atoms with van der Waals surface area (Å²) in [6, 6.07) is 7.58. The topological polar surface area (TPSA) is 44.5 Å². The summed E-state index contributed by atoms with van der Waals surface area (Å²) in [4.78, 5) is 0. The fraction of sp³-hybridized carbons (Fsp3) is 0.200. The highest BCUT2D eigenvalue weighted by atomic mass is 79.9. The van der Waals surface area contributed by atoms with Crippen LogP contribution < -0.4 is 15.2 Å². The maximum absolute atomic E-state index is 13.9. The van der Waals surface area contributed by atoms with E-state index in [4.69, 9.17) is 15.2 Å². The van der Waals surface area contributed by atoms with Gasteiger partial charge in [-0.15, -0.1) is 0 Å². The molecule has 6 heteroatoms. The molecule has 0 saturated heterocycles. The zero-order valence-corrected chi connectivity index (χ0v) is 12.9. The lowest BCUT2D eigenvalue weighted by Gasteiger charge is -2.13. The van der Waals surface area contributed by atoms with Crippen molar-refractivity contribution in [2.24, 2.45) is 5.73 Å². The first-order chi connectivity index (χ1) is 10.1. The highest BCUT2D eigenvalue weighted by Gasteiger charge is 2.14. The molecule has 0 heterocycles. The van der Waals surface area contributed by atoms with Crippen molar-refractivity contribution in [3.05, 3.63) is 57.6 Å². The second kappa shape index (κ2) is 6.87. The monoisotopic (exact) mass is 357 g/mol. The molecule has 3 nitrogen and oxygen atoms in total. The molecule has 0 spiro atoms. The Bertz CT molecular complexity index is 650. The molecule has 0 fully saturated rings. The zero-order valence-electron chi connectivity index (χ0n) is 11.3. The molecule has 2 rings (SSSR count). The van der Waals surface area contributed by atoms with Crippen LogP contribution in [0.5, 0.6) is 11.5 Å². The minimum absolute atomic E-state index is 0.136. The first-order valence-electron chi connectivity index (χ1n) is 6.19. The Labute approximate surface area is 129 Å². The van der Waals surface area contributed by atoms with Crippen LogP contribution >= 0.6 is 15.9 Å². The van der Waals surface area contributed by atoms with Gasteiger partial charge in [-0.05, 0) is 46.3 Å². The van der Waals surface area contributed by atoms with E-state index in [2.05, 4.69) is 15.9 Å². The Balaban J connectivity index is 2.22. The molecule has 112 valence electrons. The molecule has 2 N–H and O–H groups in total. The first kappa shape index (κ1) is 15.7. The predicted octanol–water partition coefficient (Wildman–Crippen LogP) is 3.77. The zero-order chi connectivity index (χ0) is 15.4. The molecule has 2 aromatic carbocycles.